The second-order valence-corrected chi connectivity index (χ2v) is 5.60. The van der Waals surface area contributed by atoms with Gasteiger partial charge in [0.15, 0.2) is 0 Å². The van der Waals surface area contributed by atoms with Gasteiger partial charge in [-0.25, -0.2) is 0 Å². The number of likely N-dealkylation sites (N-methyl/N-ethyl adjacent to an activating group) is 1. The molecule has 2 N–H and O–H groups in total. The van der Waals surface area contributed by atoms with Crippen molar-refractivity contribution in [3.05, 3.63) is 35.4 Å². The third-order valence-corrected chi connectivity index (χ3v) is 4.34. The predicted molar refractivity (Wildman–Crippen MR) is 73.0 cm³/mol. The molecule has 17 heavy (non-hydrogen) atoms. The SMILES string of the molecule is Cc1cccc(C(N)C2(N(C)C)CCCC2)c1. The number of nitrogens with zero attached hydrogens (tertiary/aromatic N) is 1. The van der Waals surface area contributed by atoms with Gasteiger partial charge in [-0.2, -0.15) is 0 Å². The molecule has 1 aromatic carbocycles. The molecule has 0 amide bonds. The second-order valence-electron chi connectivity index (χ2n) is 5.60. The van der Waals surface area contributed by atoms with Gasteiger partial charge in [-0.15, -0.1) is 0 Å². The van der Waals surface area contributed by atoms with Crippen LogP contribution in [0.5, 0.6) is 0 Å². The minimum absolute atomic E-state index is 0.125. The fourth-order valence-corrected chi connectivity index (χ4v) is 3.20. The fraction of sp³-hybridized carbons (Fsp3) is 0.600. The molecule has 1 aliphatic carbocycles. The van der Waals surface area contributed by atoms with Gasteiger partial charge >= 0.3 is 0 Å². The Morgan fingerprint density at radius 3 is 2.41 bits per heavy atom. The lowest BCUT2D eigenvalue weighted by Crippen LogP contribution is -2.50. The molecule has 0 bridgehead atoms. The van der Waals surface area contributed by atoms with E-state index in [-0.39, 0.29) is 11.6 Å². The van der Waals surface area contributed by atoms with Gasteiger partial charge < -0.3 is 10.6 Å². The zero-order chi connectivity index (χ0) is 12.5. The van der Waals surface area contributed by atoms with Gasteiger partial charge in [0.25, 0.3) is 0 Å². The first-order valence-electron chi connectivity index (χ1n) is 6.56. The van der Waals surface area contributed by atoms with Crippen molar-refractivity contribution < 1.29 is 0 Å². The van der Waals surface area contributed by atoms with Crippen LogP contribution in [0.3, 0.4) is 0 Å². The van der Waals surface area contributed by atoms with Crippen LogP contribution in [0, 0.1) is 6.92 Å². The standard InChI is InChI=1S/C15H24N2/c1-12-7-6-8-13(11-12)14(16)15(17(2)3)9-4-5-10-15/h6-8,11,14H,4-5,9-10,16H2,1-3H3. The molecule has 1 atom stereocenters. The molecule has 2 rings (SSSR count). The molecule has 2 nitrogen and oxygen atoms in total. The highest BCUT2D eigenvalue weighted by Crippen LogP contribution is 2.42. The Kier molecular flexibility index (Phi) is 3.55. The lowest BCUT2D eigenvalue weighted by molar-refractivity contribution is 0.123. The van der Waals surface area contributed by atoms with Crippen LogP contribution >= 0.6 is 0 Å². The highest BCUT2D eigenvalue weighted by molar-refractivity contribution is 5.28. The molecule has 1 aromatic rings. The van der Waals surface area contributed by atoms with E-state index in [0.29, 0.717) is 0 Å². The molecule has 0 aliphatic heterocycles. The largest absolute Gasteiger partial charge is 0.322 e. The van der Waals surface area contributed by atoms with E-state index in [4.69, 9.17) is 5.73 Å². The van der Waals surface area contributed by atoms with Gasteiger partial charge in [-0.1, -0.05) is 42.7 Å². The predicted octanol–water partition coefficient (Wildman–Crippen LogP) is 2.87. The zero-order valence-electron chi connectivity index (χ0n) is 11.2. The first-order chi connectivity index (χ1) is 8.06. The molecule has 2 heteroatoms. The fourth-order valence-electron chi connectivity index (χ4n) is 3.20. The smallest absolute Gasteiger partial charge is 0.0482 e. The number of hydrogen-bond donors (Lipinski definition) is 1. The van der Waals surface area contributed by atoms with E-state index in [1.165, 1.54) is 36.8 Å². The van der Waals surface area contributed by atoms with Crippen LogP contribution in [-0.2, 0) is 0 Å². The molecule has 1 fully saturated rings. The lowest BCUT2D eigenvalue weighted by atomic mass is 9.83. The molecule has 1 aliphatic rings. The van der Waals surface area contributed by atoms with Gasteiger partial charge in [0, 0.05) is 11.6 Å². The summed E-state index contributed by atoms with van der Waals surface area (Å²) in [7, 11) is 4.34. The van der Waals surface area contributed by atoms with Crippen LogP contribution < -0.4 is 5.73 Å². The van der Waals surface area contributed by atoms with Crippen molar-refractivity contribution in [1.82, 2.24) is 4.90 Å². The minimum Gasteiger partial charge on any atom is -0.322 e. The minimum atomic E-state index is 0.125. The Hall–Kier alpha value is -0.860. The second kappa shape index (κ2) is 4.79. The van der Waals surface area contributed by atoms with E-state index < -0.39 is 0 Å². The third-order valence-electron chi connectivity index (χ3n) is 4.34. The molecule has 0 aromatic heterocycles. The molecule has 0 saturated heterocycles. The summed E-state index contributed by atoms with van der Waals surface area (Å²) in [5.41, 5.74) is 9.30. The molecule has 1 unspecified atom stereocenters. The van der Waals surface area contributed by atoms with E-state index in [9.17, 15) is 0 Å². The molecule has 94 valence electrons. The lowest BCUT2D eigenvalue weighted by Gasteiger charge is -2.41. The normalized spacial score (nSPS) is 20.8. The van der Waals surface area contributed by atoms with Crippen LogP contribution in [0.1, 0.15) is 42.9 Å². The first kappa shape index (κ1) is 12.6. The van der Waals surface area contributed by atoms with E-state index in [2.05, 4.69) is 50.2 Å². The van der Waals surface area contributed by atoms with Crippen LogP contribution in [0.25, 0.3) is 0 Å². The number of rotatable bonds is 3. The van der Waals surface area contributed by atoms with Crippen LogP contribution in [0.4, 0.5) is 0 Å². The van der Waals surface area contributed by atoms with Crippen molar-refractivity contribution in [1.29, 1.82) is 0 Å². The van der Waals surface area contributed by atoms with E-state index in [0.717, 1.165) is 0 Å². The zero-order valence-corrected chi connectivity index (χ0v) is 11.2. The summed E-state index contributed by atoms with van der Waals surface area (Å²) in [5.74, 6) is 0. The summed E-state index contributed by atoms with van der Waals surface area (Å²) in [5, 5.41) is 0. The van der Waals surface area contributed by atoms with Gasteiger partial charge in [0.05, 0.1) is 0 Å². The van der Waals surface area contributed by atoms with Crippen LogP contribution in [0.15, 0.2) is 24.3 Å². The maximum absolute atomic E-state index is 6.56. The van der Waals surface area contributed by atoms with Gasteiger partial charge in [-0.05, 0) is 39.4 Å². The maximum atomic E-state index is 6.56. The van der Waals surface area contributed by atoms with E-state index >= 15 is 0 Å². The van der Waals surface area contributed by atoms with Crippen LogP contribution in [-0.4, -0.2) is 24.5 Å². The number of aryl methyl sites for hydroxylation is 1. The Labute approximate surface area is 105 Å². The Bertz CT molecular complexity index is 378. The monoisotopic (exact) mass is 232 g/mol. The van der Waals surface area contributed by atoms with Crippen molar-refractivity contribution >= 4 is 0 Å². The van der Waals surface area contributed by atoms with Crippen molar-refractivity contribution in [2.75, 3.05) is 14.1 Å². The summed E-state index contributed by atoms with van der Waals surface area (Å²) in [6.45, 7) is 2.13. The van der Waals surface area contributed by atoms with E-state index in [1.807, 2.05) is 0 Å². The summed E-state index contributed by atoms with van der Waals surface area (Å²) in [4.78, 5) is 2.34. The quantitative estimate of drug-likeness (QED) is 0.868. The topological polar surface area (TPSA) is 29.3 Å². The molecule has 0 spiro atoms. The van der Waals surface area contributed by atoms with Crippen molar-refractivity contribution in [2.24, 2.45) is 5.73 Å². The van der Waals surface area contributed by atoms with Crippen molar-refractivity contribution in [3.63, 3.8) is 0 Å². The molecule has 0 heterocycles. The first-order valence-corrected chi connectivity index (χ1v) is 6.56. The maximum Gasteiger partial charge on any atom is 0.0482 e. The van der Waals surface area contributed by atoms with Gasteiger partial charge in [0.2, 0.25) is 0 Å². The van der Waals surface area contributed by atoms with Gasteiger partial charge in [0.1, 0.15) is 0 Å². The van der Waals surface area contributed by atoms with E-state index in [1.54, 1.807) is 0 Å². The van der Waals surface area contributed by atoms with Gasteiger partial charge in [-0.3, -0.25) is 0 Å². The summed E-state index contributed by atoms with van der Waals surface area (Å²) in [6.07, 6.45) is 5.04. The van der Waals surface area contributed by atoms with Crippen molar-refractivity contribution in [3.8, 4) is 0 Å². The number of benzene rings is 1. The Morgan fingerprint density at radius 1 is 1.24 bits per heavy atom. The molecular weight excluding hydrogens is 208 g/mol. The molecule has 0 radical (unpaired) electrons. The van der Waals surface area contributed by atoms with Crippen LogP contribution in [0.2, 0.25) is 0 Å². The Balaban J connectivity index is 2.31. The number of hydrogen-bond acceptors (Lipinski definition) is 2. The summed E-state index contributed by atoms with van der Waals surface area (Å²) in [6, 6.07) is 8.77. The highest BCUT2D eigenvalue weighted by Gasteiger charge is 2.41. The average molecular weight is 232 g/mol. The molecular formula is C15H24N2. The van der Waals surface area contributed by atoms with Crippen molar-refractivity contribution in [2.45, 2.75) is 44.2 Å². The average Bonchev–Trinajstić information content (AvgIpc) is 2.78. The third kappa shape index (κ3) is 2.24. The summed E-state index contributed by atoms with van der Waals surface area (Å²) < 4.78 is 0. The molecule has 1 saturated carbocycles. The Morgan fingerprint density at radius 2 is 1.88 bits per heavy atom. The summed E-state index contributed by atoms with van der Waals surface area (Å²) >= 11 is 0. The number of nitrogens with two attached hydrogens (primary N) is 1. The highest BCUT2D eigenvalue weighted by atomic mass is 15.2.